The zero-order valence-electron chi connectivity index (χ0n) is 22.8. The van der Waals surface area contributed by atoms with E-state index in [9.17, 15) is 27.5 Å². The summed E-state index contributed by atoms with van der Waals surface area (Å²) in [5, 5.41) is 11.4. The largest absolute Gasteiger partial charge is 0.478 e. The van der Waals surface area contributed by atoms with Gasteiger partial charge in [-0.05, 0) is 59.1 Å². The Morgan fingerprint density at radius 3 is 2.27 bits per heavy atom. The molecule has 11 heteroatoms. The van der Waals surface area contributed by atoms with Gasteiger partial charge in [-0.2, -0.15) is 0 Å². The van der Waals surface area contributed by atoms with Crippen LogP contribution in [0.5, 0.6) is 0 Å². The molecular formula is C30H27F6N2O2Si+. The molecule has 0 unspecified atom stereocenters. The fraction of sp³-hybridized carbons (Fsp3) is 0.333. The van der Waals surface area contributed by atoms with Crippen LogP contribution in [-0.2, 0) is 0 Å². The average Bonchev–Trinajstić information content (AvgIpc) is 2.87. The van der Waals surface area contributed by atoms with Crippen LogP contribution in [0, 0.1) is 24.4 Å². The Balaban J connectivity index is 1.66. The molecule has 1 N–H and O–H groups in total. The molecule has 214 valence electrons. The summed E-state index contributed by atoms with van der Waals surface area (Å²) in [6.45, 7) is 6.04. The molecule has 2 aromatic carbocycles. The Hall–Kier alpha value is -3.60. The topological polar surface area (TPSA) is 43.5 Å². The smallest absolute Gasteiger partial charge is 0.339 e. The standard InChI is InChI=1S/C30H26F6N2O2Si/c1-15-25(31)23(24(28(39)40)27(33)26(15)32)22-18-7-5-16(37-11-29(2,34)12-37)9-20(18)41(3,4)21-10-17(6-8-19(21)22)38-13-30(35,36)14-38/h5-10H,11-14H2,1-4H3/p+1. The van der Waals surface area contributed by atoms with Crippen molar-refractivity contribution >= 4 is 36.2 Å². The molecule has 0 bridgehead atoms. The minimum atomic E-state index is -2.81. The summed E-state index contributed by atoms with van der Waals surface area (Å²) in [4.78, 5) is 13.8. The van der Waals surface area contributed by atoms with Gasteiger partial charge in [0.25, 0.3) is 5.92 Å². The van der Waals surface area contributed by atoms with E-state index in [0.717, 1.165) is 17.8 Å². The fourth-order valence-electron chi connectivity index (χ4n) is 6.33. The van der Waals surface area contributed by atoms with Crippen molar-refractivity contribution < 1.29 is 40.8 Å². The number of carbonyl (C=O) groups is 1. The van der Waals surface area contributed by atoms with Gasteiger partial charge in [-0.3, -0.25) is 0 Å². The van der Waals surface area contributed by atoms with Gasteiger partial charge in [0.15, 0.2) is 30.4 Å². The van der Waals surface area contributed by atoms with Gasteiger partial charge in [-0.25, -0.2) is 35.7 Å². The van der Waals surface area contributed by atoms with Crippen LogP contribution in [0.3, 0.4) is 0 Å². The molecule has 0 saturated carbocycles. The monoisotopic (exact) mass is 589 g/mol. The summed E-state index contributed by atoms with van der Waals surface area (Å²) >= 11 is 0. The van der Waals surface area contributed by atoms with Gasteiger partial charge in [0.05, 0.1) is 13.1 Å². The van der Waals surface area contributed by atoms with E-state index in [0.29, 0.717) is 22.0 Å². The fourth-order valence-corrected chi connectivity index (χ4v) is 9.40. The van der Waals surface area contributed by atoms with Gasteiger partial charge in [0.1, 0.15) is 19.5 Å². The van der Waals surface area contributed by atoms with E-state index in [1.165, 1.54) is 11.8 Å². The predicted molar refractivity (Wildman–Crippen MR) is 146 cm³/mol. The molecule has 3 aliphatic heterocycles. The van der Waals surface area contributed by atoms with Crippen LogP contribution in [0.2, 0.25) is 13.1 Å². The second-order valence-electron chi connectivity index (χ2n) is 12.1. The third kappa shape index (κ3) is 4.11. The molecule has 2 saturated heterocycles. The number of benzene rings is 2. The number of anilines is 1. The van der Waals surface area contributed by atoms with E-state index >= 15 is 8.78 Å². The van der Waals surface area contributed by atoms with E-state index in [1.54, 1.807) is 30.4 Å². The number of fused-ring (bicyclic) bond motifs is 2. The maximum atomic E-state index is 15.9. The second-order valence-corrected chi connectivity index (χ2v) is 16.4. The molecule has 2 fully saturated rings. The minimum absolute atomic E-state index is 0.0877. The lowest BCUT2D eigenvalue weighted by molar-refractivity contribution is -0.619. The SMILES string of the molecule is Cc1c(F)c(F)c(C(=O)O)c(C2=C3C=CC(=[N+]4CC(C)(F)C4)C=C3[Si](C)(C)c3cc(N4CC(F)(F)C4)ccc32)c1F. The molecule has 41 heavy (non-hydrogen) atoms. The van der Waals surface area contributed by atoms with Crippen molar-refractivity contribution in [2.45, 2.75) is 38.5 Å². The Morgan fingerprint density at radius 2 is 1.68 bits per heavy atom. The summed E-state index contributed by atoms with van der Waals surface area (Å²) in [7, 11) is -2.70. The summed E-state index contributed by atoms with van der Waals surface area (Å²) in [5.41, 5.74) is -1.44. The Morgan fingerprint density at radius 1 is 1.02 bits per heavy atom. The number of carboxylic acid groups (broad SMARTS) is 1. The number of halogens is 6. The zero-order valence-corrected chi connectivity index (χ0v) is 23.8. The first-order valence-corrected chi connectivity index (χ1v) is 16.2. The first-order chi connectivity index (χ1) is 19.0. The van der Waals surface area contributed by atoms with Gasteiger partial charge in [0.2, 0.25) is 5.67 Å². The van der Waals surface area contributed by atoms with Gasteiger partial charge < -0.3 is 10.0 Å². The number of nitrogens with zero attached hydrogens (tertiary/aromatic N) is 2. The first kappa shape index (κ1) is 27.6. The lowest BCUT2D eigenvalue weighted by Crippen LogP contribution is -2.57. The Labute approximate surface area is 233 Å². The predicted octanol–water partition coefficient (Wildman–Crippen LogP) is 5.53. The van der Waals surface area contributed by atoms with Crippen LogP contribution in [0.25, 0.3) is 5.57 Å². The molecule has 3 heterocycles. The van der Waals surface area contributed by atoms with Crippen molar-refractivity contribution in [2.24, 2.45) is 0 Å². The second kappa shape index (κ2) is 8.70. The van der Waals surface area contributed by atoms with Gasteiger partial charge in [-0.1, -0.05) is 19.2 Å². The molecular weight excluding hydrogens is 562 g/mol. The van der Waals surface area contributed by atoms with Crippen LogP contribution >= 0.6 is 0 Å². The number of hydrogen-bond donors (Lipinski definition) is 1. The van der Waals surface area contributed by atoms with Crippen LogP contribution in [0.1, 0.15) is 34.0 Å². The zero-order chi connectivity index (χ0) is 29.8. The van der Waals surface area contributed by atoms with E-state index < -0.39 is 72.9 Å². The summed E-state index contributed by atoms with van der Waals surface area (Å²) in [5.74, 6) is -9.07. The summed E-state index contributed by atoms with van der Waals surface area (Å²) < 4.78 is 89.3. The maximum absolute atomic E-state index is 15.9. The lowest BCUT2D eigenvalue weighted by atomic mass is 9.85. The number of carboxylic acids is 1. The molecule has 0 spiro atoms. The van der Waals surface area contributed by atoms with Crippen molar-refractivity contribution in [1.29, 1.82) is 0 Å². The molecule has 0 aromatic heterocycles. The van der Waals surface area contributed by atoms with Crippen molar-refractivity contribution in [2.75, 3.05) is 31.1 Å². The molecule has 0 atom stereocenters. The van der Waals surface area contributed by atoms with E-state index in [-0.39, 0.29) is 18.7 Å². The van der Waals surface area contributed by atoms with Crippen LogP contribution in [0.15, 0.2) is 47.2 Å². The van der Waals surface area contributed by atoms with Crippen LogP contribution < -0.4 is 10.1 Å². The number of allylic oxidation sites excluding steroid dienone is 5. The number of rotatable bonds is 3. The van der Waals surface area contributed by atoms with E-state index in [2.05, 4.69) is 0 Å². The van der Waals surface area contributed by atoms with Crippen molar-refractivity contribution in [1.82, 2.24) is 0 Å². The highest BCUT2D eigenvalue weighted by molar-refractivity contribution is 6.98. The Bertz CT molecular complexity index is 1680. The third-order valence-corrected chi connectivity index (χ3v) is 12.0. The average molecular weight is 590 g/mol. The molecule has 0 amide bonds. The number of hydrogen-bond acceptors (Lipinski definition) is 2. The normalized spacial score (nSPS) is 24.0. The molecule has 1 aliphatic carbocycles. The van der Waals surface area contributed by atoms with E-state index in [1.807, 2.05) is 23.7 Å². The lowest BCUT2D eigenvalue weighted by Gasteiger charge is -2.42. The number of aromatic carboxylic acids is 1. The highest BCUT2D eigenvalue weighted by Crippen LogP contribution is 2.45. The molecule has 6 rings (SSSR count). The molecule has 0 radical (unpaired) electrons. The van der Waals surface area contributed by atoms with Gasteiger partial charge in [0, 0.05) is 29.0 Å². The van der Waals surface area contributed by atoms with Gasteiger partial charge in [-0.15, -0.1) is 0 Å². The summed E-state index contributed by atoms with van der Waals surface area (Å²) in [6, 6.07) is 4.98. The summed E-state index contributed by atoms with van der Waals surface area (Å²) in [6.07, 6.45) is 5.29. The highest BCUT2D eigenvalue weighted by atomic mass is 28.3. The number of alkyl halides is 3. The minimum Gasteiger partial charge on any atom is -0.478 e. The molecule has 4 nitrogen and oxygen atoms in total. The van der Waals surface area contributed by atoms with Crippen molar-refractivity contribution in [3.05, 3.63) is 86.9 Å². The first-order valence-electron chi connectivity index (χ1n) is 13.2. The van der Waals surface area contributed by atoms with E-state index in [4.69, 9.17) is 0 Å². The molecule has 4 aliphatic rings. The highest BCUT2D eigenvalue weighted by Gasteiger charge is 2.48. The molecule has 2 aromatic rings. The maximum Gasteiger partial charge on any atom is 0.339 e. The third-order valence-electron chi connectivity index (χ3n) is 8.51. The van der Waals surface area contributed by atoms with Crippen molar-refractivity contribution in [3.63, 3.8) is 0 Å². The van der Waals surface area contributed by atoms with Crippen LogP contribution in [0.4, 0.5) is 32.0 Å². The van der Waals surface area contributed by atoms with Crippen molar-refractivity contribution in [3.8, 4) is 0 Å². The Kier molecular flexibility index (Phi) is 5.85. The quantitative estimate of drug-likeness (QED) is 0.222. The van der Waals surface area contributed by atoms with Crippen LogP contribution in [-0.4, -0.2) is 67.2 Å². The van der Waals surface area contributed by atoms with Gasteiger partial charge >= 0.3 is 5.97 Å².